The van der Waals surface area contributed by atoms with Crippen molar-refractivity contribution in [1.82, 2.24) is 14.9 Å². The maximum atomic E-state index is 12.4. The number of carbonyl (C=O) groups excluding carboxylic acids is 1. The minimum Gasteiger partial charge on any atom is -0.495 e. The van der Waals surface area contributed by atoms with Gasteiger partial charge in [0, 0.05) is 46.7 Å². The number of nitrogens with zero attached hydrogens (tertiary/aromatic N) is 3. The summed E-state index contributed by atoms with van der Waals surface area (Å²) in [5, 5.41) is 7.65. The first kappa shape index (κ1) is 28.6. The molecule has 2 unspecified atom stereocenters. The van der Waals surface area contributed by atoms with Crippen LogP contribution in [0.2, 0.25) is 5.02 Å². The van der Waals surface area contributed by atoms with Crippen molar-refractivity contribution in [3.05, 3.63) is 100 Å². The number of nitrogens with one attached hydrogen (secondary N) is 2. The zero-order valence-corrected chi connectivity index (χ0v) is 25.1. The second-order valence-corrected chi connectivity index (χ2v) is 10.7. The average molecular weight is 590 g/mol. The van der Waals surface area contributed by atoms with Gasteiger partial charge in [0.2, 0.25) is 5.91 Å². The third kappa shape index (κ3) is 5.40. The Labute approximate surface area is 250 Å². The molecule has 0 bridgehead atoms. The van der Waals surface area contributed by atoms with Crippen LogP contribution in [0.15, 0.2) is 66.9 Å². The molecule has 0 spiro atoms. The zero-order chi connectivity index (χ0) is 29.3. The SMILES string of the molecule is COCC(=O)Nc1cc(N2C(=S)NC(c3ccccn3)C2c2c(C)c(C)n(-c3cccc(Cl)c3)c2C)ccc1OC. The molecule has 2 aromatic carbocycles. The van der Waals surface area contributed by atoms with Crippen LogP contribution in [0.4, 0.5) is 11.4 Å². The van der Waals surface area contributed by atoms with Crippen molar-refractivity contribution in [2.45, 2.75) is 32.9 Å². The first-order chi connectivity index (χ1) is 19.7. The molecule has 1 saturated heterocycles. The van der Waals surface area contributed by atoms with Crippen LogP contribution >= 0.6 is 23.8 Å². The summed E-state index contributed by atoms with van der Waals surface area (Å²) in [4.78, 5) is 19.2. The minimum atomic E-state index is -0.283. The van der Waals surface area contributed by atoms with Crippen molar-refractivity contribution in [3.63, 3.8) is 0 Å². The normalized spacial score (nSPS) is 16.5. The van der Waals surface area contributed by atoms with Gasteiger partial charge in [-0.2, -0.15) is 0 Å². The molecule has 2 N–H and O–H groups in total. The van der Waals surface area contributed by atoms with Crippen LogP contribution in [0.25, 0.3) is 5.69 Å². The Bertz CT molecular complexity index is 1610. The number of hydrogen-bond acceptors (Lipinski definition) is 5. The molecular weight excluding hydrogens is 558 g/mol. The molecule has 4 aromatic rings. The molecular formula is C31H32ClN5O3S. The molecule has 0 saturated carbocycles. The Kier molecular flexibility index (Phi) is 8.30. The van der Waals surface area contributed by atoms with E-state index in [4.69, 9.17) is 38.3 Å². The van der Waals surface area contributed by atoms with Gasteiger partial charge in [0.25, 0.3) is 0 Å². The van der Waals surface area contributed by atoms with Gasteiger partial charge in [0.05, 0.1) is 30.6 Å². The monoisotopic (exact) mass is 589 g/mol. The van der Waals surface area contributed by atoms with Crippen molar-refractivity contribution >= 4 is 46.2 Å². The van der Waals surface area contributed by atoms with E-state index in [-0.39, 0.29) is 24.6 Å². The van der Waals surface area contributed by atoms with Gasteiger partial charge in [0.1, 0.15) is 12.4 Å². The predicted octanol–water partition coefficient (Wildman–Crippen LogP) is 6.22. The van der Waals surface area contributed by atoms with Crippen LogP contribution in [-0.2, 0) is 9.53 Å². The Morgan fingerprint density at radius 1 is 1.05 bits per heavy atom. The molecule has 8 nitrogen and oxygen atoms in total. The quantitative estimate of drug-likeness (QED) is 0.236. The van der Waals surface area contributed by atoms with E-state index < -0.39 is 0 Å². The Morgan fingerprint density at radius 2 is 1.85 bits per heavy atom. The van der Waals surface area contributed by atoms with Crippen molar-refractivity contribution in [3.8, 4) is 11.4 Å². The topological polar surface area (TPSA) is 80.7 Å². The van der Waals surface area contributed by atoms with Gasteiger partial charge in [-0.25, -0.2) is 0 Å². The number of hydrogen-bond donors (Lipinski definition) is 2. The second kappa shape index (κ2) is 11.9. The Morgan fingerprint density at radius 3 is 2.54 bits per heavy atom. The van der Waals surface area contributed by atoms with E-state index in [0.29, 0.717) is 21.6 Å². The number of thiocarbonyl (C=S) groups is 1. The van der Waals surface area contributed by atoms with Gasteiger partial charge in [-0.1, -0.05) is 23.7 Å². The molecule has 1 fully saturated rings. The van der Waals surface area contributed by atoms with E-state index in [2.05, 4.69) is 46.9 Å². The van der Waals surface area contributed by atoms with Crippen molar-refractivity contribution in [1.29, 1.82) is 0 Å². The van der Waals surface area contributed by atoms with Crippen LogP contribution < -0.4 is 20.3 Å². The van der Waals surface area contributed by atoms with Gasteiger partial charge in [-0.05, 0) is 87.1 Å². The molecule has 1 aliphatic rings. The fourth-order valence-electron chi connectivity index (χ4n) is 5.63. The molecule has 1 amide bonds. The third-order valence-corrected chi connectivity index (χ3v) is 8.03. The molecule has 0 aliphatic carbocycles. The Balaban J connectivity index is 1.69. The summed E-state index contributed by atoms with van der Waals surface area (Å²) in [5.41, 5.74) is 7.65. The van der Waals surface area contributed by atoms with Crippen molar-refractivity contribution in [2.24, 2.45) is 0 Å². The van der Waals surface area contributed by atoms with E-state index >= 15 is 0 Å². The highest BCUT2D eigenvalue weighted by Gasteiger charge is 2.43. The van der Waals surface area contributed by atoms with E-state index in [9.17, 15) is 4.79 Å². The molecule has 2 atom stereocenters. The molecule has 212 valence electrons. The predicted molar refractivity (Wildman–Crippen MR) is 166 cm³/mol. The summed E-state index contributed by atoms with van der Waals surface area (Å²) < 4.78 is 12.8. The van der Waals surface area contributed by atoms with Crippen LogP contribution in [-0.4, -0.2) is 41.4 Å². The number of pyridine rings is 1. The molecule has 5 rings (SSSR count). The first-order valence-corrected chi connectivity index (χ1v) is 14.0. The van der Waals surface area contributed by atoms with Crippen LogP contribution in [0, 0.1) is 20.8 Å². The highest BCUT2D eigenvalue weighted by atomic mass is 35.5. The standard InChI is InChI=1S/C31H32ClN5O3S/c1-18-19(2)36(22-10-8-9-21(32)15-22)20(3)28(18)30-29(24-11-6-7-14-33-24)35-31(41)37(30)23-12-13-26(40-5)25(16-23)34-27(38)17-39-4/h6-16,29-30H,17H2,1-5H3,(H,34,38)(H,35,41). The summed E-state index contributed by atoms with van der Waals surface area (Å²) in [7, 11) is 3.04. The number of rotatable bonds is 8. The summed E-state index contributed by atoms with van der Waals surface area (Å²) in [5.74, 6) is 0.248. The van der Waals surface area contributed by atoms with Gasteiger partial charge < -0.3 is 29.6 Å². The van der Waals surface area contributed by atoms with Gasteiger partial charge in [-0.15, -0.1) is 0 Å². The van der Waals surface area contributed by atoms with Gasteiger partial charge >= 0.3 is 0 Å². The van der Waals surface area contributed by atoms with Crippen molar-refractivity contribution < 1.29 is 14.3 Å². The van der Waals surface area contributed by atoms with Gasteiger partial charge in [0.15, 0.2) is 5.11 Å². The van der Waals surface area contributed by atoms with Crippen LogP contribution in [0.3, 0.4) is 0 Å². The van der Waals surface area contributed by atoms with Crippen molar-refractivity contribution in [2.75, 3.05) is 31.0 Å². The lowest BCUT2D eigenvalue weighted by Gasteiger charge is -2.29. The minimum absolute atomic E-state index is 0.0733. The number of methoxy groups -OCH3 is 2. The molecule has 41 heavy (non-hydrogen) atoms. The first-order valence-electron chi connectivity index (χ1n) is 13.2. The summed E-state index contributed by atoms with van der Waals surface area (Å²) in [6.45, 7) is 6.30. The number of halogens is 1. The van der Waals surface area contributed by atoms with E-state index in [1.807, 2.05) is 54.6 Å². The zero-order valence-electron chi connectivity index (χ0n) is 23.6. The number of carbonyl (C=O) groups is 1. The summed E-state index contributed by atoms with van der Waals surface area (Å²) in [6, 6.07) is 18.9. The maximum absolute atomic E-state index is 12.4. The highest BCUT2D eigenvalue weighted by molar-refractivity contribution is 7.80. The lowest BCUT2D eigenvalue weighted by molar-refractivity contribution is -0.119. The number of benzene rings is 2. The number of anilines is 2. The number of ether oxygens (including phenoxy) is 2. The maximum Gasteiger partial charge on any atom is 0.250 e. The molecule has 1 aliphatic heterocycles. The molecule has 2 aromatic heterocycles. The highest BCUT2D eigenvalue weighted by Crippen LogP contribution is 2.46. The van der Waals surface area contributed by atoms with Crippen LogP contribution in [0.1, 0.15) is 40.3 Å². The molecule has 0 radical (unpaired) electrons. The van der Waals surface area contributed by atoms with Crippen LogP contribution in [0.5, 0.6) is 5.75 Å². The number of amides is 1. The lowest BCUT2D eigenvalue weighted by Crippen LogP contribution is -2.30. The Hall–Kier alpha value is -3.92. The number of aromatic nitrogens is 2. The molecule has 10 heteroatoms. The third-order valence-electron chi connectivity index (χ3n) is 7.48. The van der Waals surface area contributed by atoms with E-state index in [1.54, 1.807) is 13.3 Å². The molecule has 3 heterocycles. The summed E-state index contributed by atoms with van der Waals surface area (Å²) >= 11 is 12.4. The van der Waals surface area contributed by atoms with Gasteiger partial charge in [-0.3, -0.25) is 9.78 Å². The largest absolute Gasteiger partial charge is 0.495 e. The summed E-state index contributed by atoms with van der Waals surface area (Å²) in [6.07, 6.45) is 1.79. The smallest absolute Gasteiger partial charge is 0.250 e. The lowest BCUT2D eigenvalue weighted by atomic mass is 9.93. The second-order valence-electron chi connectivity index (χ2n) is 9.89. The van der Waals surface area contributed by atoms with E-state index in [0.717, 1.165) is 39.6 Å². The fraction of sp³-hybridized carbons (Fsp3) is 0.258. The fourth-order valence-corrected chi connectivity index (χ4v) is 6.16. The average Bonchev–Trinajstić information content (AvgIpc) is 3.40. The van der Waals surface area contributed by atoms with E-state index in [1.165, 1.54) is 7.11 Å².